The van der Waals surface area contributed by atoms with Crippen molar-refractivity contribution in [2.24, 2.45) is 0 Å². The molecule has 0 amide bonds. The minimum atomic E-state index is -3.78. The SMILES string of the molecule is CCCN(C1CCCNC1)S(=O)(=O)c1ccccc1F. The zero-order chi connectivity index (χ0) is 14.6. The van der Waals surface area contributed by atoms with Crippen LogP contribution in [0.1, 0.15) is 26.2 Å². The number of rotatable bonds is 5. The van der Waals surface area contributed by atoms with Crippen molar-refractivity contribution in [3.63, 3.8) is 0 Å². The topological polar surface area (TPSA) is 49.4 Å². The molecule has 1 saturated heterocycles. The molecule has 0 radical (unpaired) electrons. The molecule has 0 spiro atoms. The highest BCUT2D eigenvalue weighted by molar-refractivity contribution is 7.89. The fourth-order valence-corrected chi connectivity index (χ4v) is 4.39. The summed E-state index contributed by atoms with van der Waals surface area (Å²) in [5.74, 6) is -0.683. The molecule has 1 heterocycles. The first kappa shape index (κ1) is 15.4. The average molecular weight is 300 g/mol. The fraction of sp³-hybridized carbons (Fsp3) is 0.571. The number of sulfonamides is 1. The summed E-state index contributed by atoms with van der Waals surface area (Å²) in [6.07, 6.45) is 2.47. The van der Waals surface area contributed by atoms with Crippen LogP contribution in [-0.4, -0.2) is 38.4 Å². The molecule has 0 bridgehead atoms. The van der Waals surface area contributed by atoms with Gasteiger partial charge in [0.25, 0.3) is 0 Å². The Morgan fingerprint density at radius 3 is 2.75 bits per heavy atom. The molecule has 1 aromatic carbocycles. The maximum Gasteiger partial charge on any atom is 0.246 e. The minimum Gasteiger partial charge on any atom is -0.315 e. The van der Waals surface area contributed by atoms with Gasteiger partial charge in [0.2, 0.25) is 10.0 Å². The van der Waals surface area contributed by atoms with Crippen molar-refractivity contribution < 1.29 is 12.8 Å². The zero-order valence-corrected chi connectivity index (χ0v) is 12.5. The van der Waals surface area contributed by atoms with Gasteiger partial charge in [0.1, 0.15) is 10.7 Å². The number of nitrogens with zero attached hydrogens (tertiary/aromatic N) is 1. The largest absolute Gasteiger partial charge is 0.315 e. The van der Waals surface area contributed by atoms with E-state index in [1.165, 1.54) is 22.5 Å². The van der Waals surface area contributed by atoms with Gasteiger partial charge < -0.3 is 5.32 Å². The van der Waals surface area contributed by atoms with Crippen molar-refractivity contribution in [2.75, 3.05) is 19.6 Å². The second kappa shape index (κ2) is 6.65. The van der Waals surface area contributed by atoms with Gasteiger partial charge in [0.05, 0.1) is 0 Å². The monoisotopic (exact) mass is 300 g/mol. The van der Waals surface area contributed by atoms with Crippen LogP contribution in [0.25, 0.3) is 0 Å². The maximum absolute atomic E-state index is 13.8. The van der Waals surface area contributed by atoms with Crippen molar-refractivity contribution in [1.29, 1.82) is 0 Å². The highest BCUT2D eigenvalue weighted by Crippen LogP contribution is 2.23. The standard InChI is InChI=1S/C14H21FN2O2S/c1-2-10-17(12-6-5-9-16-11-12)20(18,19)14-8-4-3-7-13(14)15/h3-4,7-8,12,16H,2,5-6,9-11H2,1H3. The third-order valence-corrected chi connectivity index (χ3v) is 5.53. The molecule has 1 unspecified atom stereocenters. The molecule has 112 valence electrons. The molecule has 0 saturated carbocycles. The van der Waals surface area contributed by atoms with Gasteiger partial charge in [-0.1, -0.05) is 19.1 Å². The van der Waals surface area contributed by atoms with E-state index in [1.807, 2.05) is 6.92 Å². The van der Waals surface area contributed by atoms with Crippen LogP contribution in [0.3, 0.4) is 0 Å². The first-order chi connectivity index (χ1) is 9.57. The first-order valence-corrected chi connectivity index (χ1v) is 8.48. The predicted octanol–water partition coefficient (Wildman–Crippen LogP) is 1.98. The number of hydrogen-bond acceptors (Lipinski definition) is 3. The second-order valence-electron chi connectivity index (χ2n) is 5.05. The van der Waals surface area contributed by atoms with Gasteiger partial charge in [-0.2, -0.15) is 4.31 Å². The van der Waals surface area contributed by atoms with Gasteiger partial charge in [0, 0.05) is 19.1 Å². The summed E-state index contributed by atoms with van der Waals surface area (Å²) in [7, 11) is -3.78. The first-order valence-electron chi connectivity index (χ1n) is 7.04. The van der Waals surface area contributed by atoms with Crippen molar-refractivity contribution >= 4 is 10.0 Å². The van der Waals surface area contributed by atoms with Crippen molar-refractivity contribution in [1.82, 2.24) is 9.62 Å². The summed E-state index contributed by atoms with van der Waals surface area (Å²) in [4.78, 5) is -0.223. The van der Waals surface area contributed by atoms with Crippen LogP contribution in [0.4, 0.5) is 4.39 Å². The lowest BCUT2D eigenvalue weighted by Crippen LogP contribution is -2.49. The lowest BCUT2D eigenvalue weighted by atomic mass is 10.1. The summed E-state index contributed by atoms with van der Waals surface area (Å²) in [6.45, 7) is 3.90. The van der Waals surface area contributed by atoms with E-state index in [2.05, 4.69) is 5.32 Å². The van der Waals surface area contributed by atoms with Crippen molar-refractivity contribution in [3.05, 3.63) is 30.1 Å². The average Bonchev–Trinajstić information content (AvgIpc) is 2.45. The Morgan fingerprint density at radius 2 is 2.15 bits per heavy atom. The zero-order valence-electron chi connectivity index (χ0n) is 11.7. The number of halogens is 1. The molecule has 1 aromatic rings. The van der Waals surface area contributed by atoms with Crippen LogP contribution in [0.5, 0.6) is 0 Å². The van der Waals surface area contributed by atoms with E-state index in [0.29, 0.717) is 19.5 Å². The van der Waals surface area contributed by atoms with E-state index >= 15 is 0 Å². The number of benzene rings is 1. The van der Waals surface area contributed by atoms with E-state index in [0.717, 1.165) is 19.4 Å². The normalized spacial score (nSPS) is 20.2. The highest BCUT2D eigenvalue weighted by Gasteiger charge is 2.33. The van der Waals surface area contributed by atoms with Crippen LogP contribution in [0.2, 0.25) is 0 Å². The lowest BCUT2D eigenvalue weighted by Gasteiger charge is -2.33. The van der Waals surface area contributed by atoms with Crippen molar-refractivity contribution in [3.8, 4) is 0 Å². The van der Waals surface area contributed by atoms with E-state index in [4.69, 9.17) is 0 Å². The van der Waals surface area contributed by atoms with Crippen LogP contribution < -0.4 is 5.32 Å². The van der Waals surface area contributed by atoms with Gasteiger partial charge in [-0.3, -0.25) is 0 Å². The molecule has 0 aromatic heterocycles. The molecule has 1 N–H and O–H groups in total. The smallest absolute Gasteiger partial charge is 0.246 e. The Hall–Kier alpha value is -0.980. The third kappa shape index (κ3) is 3.19. The summed E-state index contributed by atoms with van der Waals surface area (Å²) in [5, 5.41) is 3.21. The molecule has 6 heteroatoms. The number of hydrogen-bond donors (Lipinski definition) is 1. The quantitative estimate of drug-likeness (QED) is 0.904. The van der Waals surface area contributed by atoms with E-state index in [9.17, 15) is 12.8 Å². The minimum absolute atomic E-state index is 0.0895. The molecule has 4 nitrogen and oxygen atoms in total. The molecule has 1 fully saturated rings. The third-order valence-electron chi connectivity index (χ3n) is 3.55. The van der Waals surface area contributed by atoms with Crippen LogP contribution in [0, 0.1) is 5.82 Å². The Bertz CT molecular complexity index is 542. The van der Waals surface area contributed by atoms with E-state index in [1.54, 1.807) is 6.07 Å². The molecule has 2 rings (SSSR count). The Balaban J connectivity index is 2.34. The van der Waals surface area contributed by atoms with Gasteiger partial charge in [-0.25, -0.2) is 12.8 Å². The van der Waals surface area contributed by atoms with Crippen molar-refractivity contribution in [2.45, 2.75) is 37.1 Å². The lowest BCUT2D eigenvalue weighted by molar-refractivity contribution is 0.265. The van der Waals surface area contributed by atoms with Crippen LogP contribution >= 0.6 is 0 Å². The Kier molecular flexibility index (Phi) is 5.12. The van der Waals surface area contributed by atoms with E-state index < -0.39 is 15.8 Å². The molecular formula is C14H21FN2O2S. The second-order valence-corrected chi connectivity index (χ2v) is 6.91. The summed E-state index contributed by atoms with van der Waals surface area (Å²) >= 11 is 0. The molecule has 1 aliphatic rings. The molecule has 20 heavy (non-hydrogen) atoms. The molecule has 0 aliphatic carbocycles. The summed E-state index contributed by atoms with van der Waals surface area (Å²) in [5.41, 5.74) is 0. The Labute approximate surface area is 120 Å². The van der Waals surface area contributed by atoms with Gasteiger partial charge in [0.15, 0.2) is 0 Å². The Morgan fingerprint density at radius 1 is 1.40 bits per heavy atom. The molecule has 1 atom stereocenters. The van der Waals surface area contributed by atoms with Gasteiger partial charge >= 0.3 is 0 Å². The maximum atomic E-state index is 13.8. The van der Waals surface area contributed by atoms with Gasteiger partial charge in [-0.15, -0.1) is 0 Å². The predicted molar refractivity (Wildman–Crippen MR) is 76.5 cm³/mol. The van der Waals surface area contributed by atoms with E-state index in [-0.39, 0.29) is 10.9 Å². The van der Waals surface area contributed by atoms with Crippen LogP contribution in [0.15, 0.2) is 29.2 Å². The molecular weight excluding hydrogens is 279 g/mol. The summed E-state index contributed by atoms with van der Waals surface area (Å²) < 4.78 is 40.7. The highest BCUT2D eigenvalue weighted by atomic mass is 32.2. The van der Waals surface area contributed by atoms with Crippen LogP contribution in [-0.2, 0) is 10.0 Å². The molecule has 1 aliphatic heterocycles. The fourth-order valence-electron chi connectivity index (χ4n) is 2.58. The number of nitrogens with one attached hydrogen (secondary N) is 1. The van der Waals surface area contributed by atoms with Gasteiger partial charge in [-0.05, 0) is 37.9 Å². The summed E-state index contributed by atoms with van der Waals surface area (Å²) in [6, 6.07) is 5.49. The number of piperidine rings is 1.